The van der Waals surface area contributed by atoms with Crippen LogP contribution in [0.2, 0.25) is 0 Å². The number of likely N-dealkylation sites (N-methyl/N-ethyl adjacent to an activating group) is 1. The zero-order chi connectivity index (χ0) is 14.6. The summed E-state index contributed by atoms with van der Waals surface area (Å²) in [5, 5.41) is 3.38. The fourth-order valence-corrected chi connectivity index (χ4v) is 2.24. The van der Waals surface area contributed by atoms with Crippen LogP contribution >= 0.6 is 11.5 Å². The van der Waals surface area contributed by atoms with Crippen molar-refractivity contribution in [1.29, 1.82) is 0 Å². The second-order valence-corrected chi connectivity index (χ2v) is 4.86. The molecule has 0 radical (unpaired) electrons. The lowest BCUT2D eigenvalue weighted by atomic mass is 10.2. The number of nitrogens with one attached hydrogen (secondary N) is 1. The van der Waals surface area contributed by atoms with Crippen molar-refractivity contribution >= 4 is 34.2 Å². The molecule has 7 nitrogen and oxygen atoms in total. The van der Waals surface area contributed by atoms with Gasteiger partial charge in [0.05, 0.1) is 6.61 Å². The molecule has 1 rings (SSSR count). The number of aromatic nitrogens is 1. The van der Waals surface area contributed by atoms with Gasteiger partial charge in [0.15, 0.2) is 5.82 Å². The number of esters is 1. The number of nitrogens with two attached hydrogens (primary N) is 1. The predicted molar refractivity (Wildman–Crippen MR) is 74.3 cm³/mol. The number of ether oxygens (including phenoxy) is 1. The monoisotopic (exact) mass is 286 g/mol. The van der Waals surface area contributed by atoms with Crippen LogP contribution in [0.1, 0.15) is 24.2 Å². The Morgan fingerprint density at radius 3 is 2.68 bits per heavy atom. The number of hydrogen-bond donors (Lipinski definition) is 2. The maximum Gasteiger partial charge on any atom is 0.344 e. The molecule has 1 heterocycles. The SMILES string of the molecule is CCOC(=O)c1c(N)nsc1NC(C)C(=O)N(C)C. The molecule has 1 aromatic rings. The van der Waals surface area contributed by atoms with E-state index in [4.69, 9.17) is 10.5 Å². The van der Waals surface area contributed by atoms with Crippen molar-refractivity contribution in [3.8, 4) is 0 Å². The van der Waals surface area contributed by atoms with Gasteiger partial charge in [0.1, 0.15) is 16.6 Å². The molecule has 1 aromatic heterocycles. The molecule has 3 N–H and O–H groups in total. The van der Waals surface area contributed by atoms with E-state index in [1.807, 2.05) is 0 Å². The molecule has 1 amide bonds. The lowest BCUT2D eigenvalue weighted by molar-refractivity contribution is -0.129. The molecule has 19 heavy (non-hydrogen) atoms. The van der Waals surface area contributed by atoms with Crippen molar-refractivity contribution in [2.45, 2.75) is 19.9 Å². The summed E-state index contributed by atoms with van der Waals surface area (Å²) in [5.74, 6) is -0.544. The molecule has 1 unspecified atom stereocenters. The summed E-state index contributed by atoms with van der Waals surface area (Å²) in [7, 11) is 3.32. The van der Waals surface area contributed by atoms with Gasteiger partial charge in [0, 0.05) is 14.1 Å². The Kier molecular flexibility index (Phi) is 5.11. The number of nitrogens with zero attached hydrogens (tertiary/aromatic N) is 2. The smallest absolute Gasteiger partial charge is 0.344 e. The molecule has 0 bridgehead atoms. The molecule has 0 saturated heterocycles. The van der Waals surface area contributed by atoms with Gasteiger partial charge >= 0.3 is 5.97 Å². The van der Waals surface area contributed by atoms with E-state index >= 15 is 0 Å². The topological polar surface area (TPSA) is 97.5 Å². The fourth-order valence-electron chi connectivity index (χ4n) is 1.45. The number of hydrogen-bond acceptors (Lipinski definition) is 7. The first-order valence-electron chi connectivity index (χ1n) is 5.78. The second-order valence-electron chi connectivity index (χ2n) is 4.09. The normalized spacial score (nSPS) is 11.8. The number of carbonyl (C=O) groups excluding carboxylic acids is 2. The second kappa shape index (κ2) is 6.37. The zero-order valence-corrected chi connectivity index (χ0v) is 12.2. The van der Waals surface area contributed by atoms with Crippen LogP contribution in [0.15, 0.2) is 0 Å². The van der Waals surface area contributed by atoms with E-state index in [1.165, 1.54) is 4.90 Å². The summed E-state index contributed by atoms with van der Waals surface area (Å²) < 4.78 is 8.82. The van der Waals surface area contributed by atoms with E-state index in [2.05, 4.69) is 9.69 Å². The van der Waals surface area contributed by atoms with Gasteiger partial charge in [-0.15, -0.1) is 0 Å². The van der Waals surface area contributed by atoms with E-state index in [1.54, 1.807) is 27.9 Å². The van der Waals surface area contributed by atoms with Gasteiger partial charge in [0.25, 0.3) is 0 Å². The summed E-state index contributed by atoms with van der Waals surface area (Å²) >= 11 is 1.03. The van der Waals surface area contributed by atoms with E-state index in [9.17, 15) is 9.59 Å². The summed E-state index contributed by atoms with van der Waals surface area (Å²) in [6.45, 7) is 3.66. The first-order chi connectivity index (χ1) is 8.88. The summed E-state index contributed by atoms with van der Waals surface area (Å²) in [5.41, 5.74) is 5.83. The van der Waals surface area contributed by atoms with Crippen molar-refractivity contribution in [3.63, 3.8) is 0 Å². The Hall–Kier alpha value is -1.83. The van der Waals surface area contributed by atoms with Crippen molar-refractivity contribution < 1.29 is 14.3 Å². The highest BCUT2D eigenvalue weighted by atomic mass is 32.1. The highest BCUT2D eigenvalue weighted by Gasteiger charge is 2.23. The molecular formula is C11H18N4O3S. The van der Waals surface area contributed by atoms with Crippen molar-refractivity contribution in [1.82, 2.24) is 9.27 Å². The van der Waals surface area contributed by atoms with Crippen molar-refractivity contribution in [2.75, 3.05) is 31.8 Å². The van der Waals surface area contributed by atoms with E-state index in [0.717, 1.165) is 11.5 Å². The van der Waals surface area contributed by atoms with Gasteiger partial charge in [-0.1, -0.05) is 0 Å². The van der Waals surface area contributed by atoms with Crippen LogP contribution in [-0.2, 0) is 9.53 Å². The summed E-state index contributed by atoms with van der Waals surface area (Å²) in [6.07, 6.45) is 0. The number of amides is 1. The summed E-state index contributed by atoms with van der Waals surface area (Å²) in [6, 6.07) is -0.483. The molecule has 0 saturated carbocycles. The Balaban J connectivity index is 2.90. The predicted octanol–water partition coefficient (Wildman–Crippen LogP) is 0.791. The van der Waals surface area contributed by atoms with Gasteiger partial charge in [-0.05, 0) is 25.4 Å². The molecule has 0 aliphatic heterocycles. The minimum Gasteiger partial charge on any atom is -0.462 e. The first-order valence-corrected chi connectivity index (χ1v) is 6.55. The minimum atomic E-state index is -0.541. The van der Waals surface area contributed by atoms with Crippen LogP contribution in [0.3, 0.4) is 0 Å². The number of nitrogen functional groups attached to an aromatic ring is 1. The molecule has 0 aliphatic carbocycles. The summed E-state index contributed by atoms with van der Waals surface area (Å²) in [4.78, 5) is 25.0. The Bertz CT molecular complexity index is 473. The third-order valence-corrected chi connectivity index (χ3v) is 3.15. The Labute approximate surface area is 115 Å². The fraction of sp³-hybridized carbons (Fsp3) is 0.545. The van der Waals surface area contributed by atoms with Gasteiger partial charge in [-0.3, -0.25) is 4.79 Å². The van der Waals surface area contributed by atoms with Crippen LogP contribution in [0.25, 0.3) is 0 Å². The van der Waals surface area contributed by atoms with Gasteiger partial charge in [-0.25, -0.2) is 4.79 Å². The molecule has 0 aromatic carbocycles. The average Bonchev–Trinajstić information content (AvgIpc) is 2.69. The average molecular weight is 286 g/mol. The van der Waals surface area contributed by atoms with Crippen LogP contribution in [-0.4, -0.2) is 47.9 Å². The van der Waals surface area contributed by atoms with Crippen LogP contribution < -0.4 is 11.1 Å². The minimum absolute atomic E-state index is 0.107. The quantitative estimate of drug-likeness (QED) is 0.777. The molecule has 0 spiro atoms. The maximum atomic E-state index is 11.8. The maximum absolute atomic E-state index is 11.8. The largest absolute Gasteiger partial charge is 0.462 e. The van der Waals surface area contributed by atoms with E-state index in [0.29, 0.717) is 5.00 Å². The number of rotatable bonds is 5. The Morgan fingerprint density at radius 1 is 1.53 bits per heavy atom. The highest BCUT2D eigenvalue weighted by molar-refractivity contribution is 7.11. The van der Waals surface area contributed by atoms with Crippen LogP contribution in [0.5, 0.6) is 0 Å². The van der Waals surface area contributed by atoms with Crippen molar-refractivity contribution in [3.05, 3.63) is 5.56 Å². The van der Waals surface area contributed by atoms with Crippen LogP contribution in [0.4, 0.5) is 10.8 Å². The standard InChI is InChI=1S/C11H18N4O3S/c1-5-18-11(17)7-8(12)14-19-9(7)13-6(2)10(16)15(3)4/h6,13H,5H2,1-4H3,(H2,12,14). The van der Waals surface area contributed by atoms with Crippen LogP contribution in [0, 0.1) is 0 Å². The Morgan fingerprint density at radius 2 is 2.16 bits per heavy atom. The molecule has 8 heteroatoms. The highest BCUT2D eigenvalue weighted by Crippen LogP contribution is 2.28. The van der Waals surface area contributed by atoms with Crippen molar-refractivity contribution in [2.24, 2.45) is 0 Å². The lowest BCUT2D eigenvalue weighted by Gasteiger charge is -2.18. The molecule has 0 aliphatic rings. The number of anilines is 2. The molecule has 0 fully saturated rings. The molecule has 106 valence electrons. The van der Waals surface area contributed by atoms with Gasteiger partial charge in [0.2, 0.25) is 5.91 Å². The third kappa shape index (κ3) is 3.57. The first kappa shape index (κ1) is 15.2. The number of carbonyl (C=O) groups is 2. The molecule has 1 atom stereocenters. The van der Waals surface area contributed by atoms with Gasteiger partial charge < -0.3 is 20.7 Å². The van der Waals surface area contributed by atoms with E-state index < -0.39 is 12.0 Å². The lowest BCUT2D eigenvalue weighted by Crippen LogP contribution is -2.36. The van der Waals surface area contributed by atoms with Gasteiger partial charge in [-0.2, -0.15) is 4.37 Å². The molecular weight excluding hydrogens is 268 g/mol. The van der Waals surface area contributed by atoms with E-state index in [-0.39, 0.29) is 23.9 Å². The third-order valence-electron chi connectivity index (χ3n) is 2.36. The zero-order valence-electron chi connectivity index (χ0n) is 11.4.